The normalized spacial score (nSPS) is 18.8. The second-order valence-electron chi connectivity index (χ2n) is 8.98. The average Bonchev–Trinajstić information content (AvgIpc) is 2.84. The lowest BCUT2D eigenvalue weighted by Crippen LogP contribution is -2.54. The van der Waals surface area contributed by atoms with E-state index < -0.39 is 23.7 Å². The Hall–Kier alpha value is -3.46. The number of rotatable bonds is 8. The summed E-state index contributed by atoms with van der Waals surface area (Å²) in [6.45, 7) is 8.63. The molecular weight excluding hydrogens is 452 g/mol. The molecule has 1 unspecified atom stereocenters. The van der Waals surface area contributed by atoms with Gasteiger partial charge in [-0.15, -0.1) is 0 Å². The summed E-state index contributed by atoms with van der Waals surface area (Å²) in [7, 11) is 0. The van der Waals surface area contributed by atoms with Gasteiger partial charge in [0.2, 0.25) is 6.41 Å². The first-order valence-electron chi connectivity index (χ1n) is 11.9. The van der Waals surface area contributed by atoms with Gasteiger partial charge in [0, 0.05) is 50.7 Å². The number of carbonyl (C=O) groups excluding carboxylic acids is 2. The molecule has 0 saturated carbocycles. The van der Waals surface area contributed by atoms with E-state index in [1.54, 1.807) is 13.0 Å². The van der Waals surface area contributed by atoms with Crippen molar-refractivity contribution in [2.45, 2.75) is 26.3 Å². The van der Waals surface area contributed by atoms with Gasteiger partial charge in [-0.05, 0) is 55.7 Å². The number of carbonyl (C=O) groups is 2. The molecule has 7 nitrogen and oxygen atoms in total. The second kappa shape index (κ2) is 10.9. The Kier molecular flexibility index (Phi) is 7.65. The lowest BCUT2D eigenvalue weighted by molar-refractivity contribution is -0.132. The molecule has 2 aliphatic heterocycles. The molecule has 35 heavy (non-hydrogen) atoms. The van der Waals surface area contributed by atoms with E-state index in [4.69, 9.17) is 0 Å². The first-order chi connectivity index (χ1) is 16.9. The number of aryl methyl sites for hydroxylation is 1. The Bertz CT molecular complexity index is 1100. The lowest BCUT2D eigenvalue weighted by Gasteiger charge is -2.40. The van der Waals surface area contributed by atoms with Gasteiger partial charge in [-0.1, -0.05) is 24.3 Å². The van der Waals surface area contributed by atoms with Gasteiger partial charge in [-0.2, -0.15) is 0 Å². The molecule has 1 N–H and O–H groups in total. The number of para-hydroxylation sites is 1. The first kappa shape index (κ1) is 24.7. The predicted molar refractivity (Wildman–Crippen MR) is 130 cm³/mol. The van der Waals surface area contributed by atoms with Crippen molar-refractivity contribution in [2.75, 3.05) is 44.2 Å². The minimum atomic E-state index is -0.998. The third-order valence-electron chi connectivity index (χ3n) is 6.56. The Balaban J connectivity index is 1.36. The maximum Gasteiger partial charge on any atom is 0.341 e. The highest BCUT2D eigenvalue weighted by molar-refractivity contribution is 5.79. The van der Waals surface area contributed by atoms with Gasteiger partial charge in [-0.3, -0.25) is 14.7 Å². The van der Waals surface area contributed by atoms with Gasteiger partial charge in [0.15, 0.2) is 11.6 Å². The fraction of sp³-hybridized carbons (Fsp3) is 0.385. The Morgan fingerprint density at radius 1 is 1.06 bits per heavy atom. The van der Waals surface area contributed by atoms with E-state index in [1.165, 1.54) is 27.3 Å². The second-order valence-corrected chi connectivity index (χ2v) is 8.98. The summed E-state index contributed by atoms with van der Waals surface area (Å²) in [4.78, 5) is 29.5. The third-order valence-corrected chi connectivity index (χ3v) is 6.56. The van der Waals surface area contributed by atoms with Crippen LogP contribution < -0.4 is 10.2 Å². The molecule has 1 fully saturated rings. The number of hydrogen-bond acceptors (Lipinski definition) is 4. The topological polar surface area (TPSA) is 59.1 Å². The number of hydrogen-bond donors (Lipinski definition) is 1. The molecular formula is C26H31F2N5O2. The summed E-state index contributed by atoms with van der Waals surface area (Å²) in [5, 5.41) is 5.28. The fourth-order valence-electron chi connectivity index (χ4n) is 4.71. The van der Waals surface area contributed by atoms with Crippen LogP contribution in [0.25, 0.3) is 0 Å². The smallest absolute Gasteiger partial charge is 0.341 e. The molecule has 186 valence electrons. The van der Waals surface area contributed by atoms with Crippen LogP contribution in [-0.2, 0) is 4.79 Å². The Morgan fingerprint density at radius 2 is 1.80 bits per heavy atom. The standard InChI is InChI=1S/C26H31F2N5O2/c1-19-6-3-4-7-24(19)31-14-12-30(13-15-31)10-5-11-32(18-34)33-25(16-20(2)29-26(33)35)21-8-9-22(27)23(28)17-21/h3-4,6-9,16-18,25H,5,10-15H2,1-2H3,(H,29,35). The zero-order chi connectivity index (χ0) is 24.9. The lowest BCUT2D eigenvalue weighted by atomic mass is 10.0. The molecule has 2 aromatic rings. The predicted octanol–water partition coefficient (Wildman–Crippen LogP) is 3.83. The van der Waals surface area contributed by atoms with Crippen LogP contribution in [0.5, 0.6) is 0 Å². The summed E-state index contributed by atoms with van der Waals surface area (Å²) in [6.07, 6.45) is 2.99. The number of urea groups is 1. The van der Waals surface area contributed by atoms with E-state index >= 15 is 0 Å². The highest BCUT2D eigenvalue weighted by atomic mass is 19.2. The molecule has 2 aliphatic rings. The summed E-state index contributed by atoms with van der Waals surface area (Å²) in [5.74, 6) is -1.96. The van der Waals surface area contributed by atoms with E-state index in [2.05, 4.69) is 40.2 Å². The van der Waals surface area contributed by atoms with Gasteiger partial charge in [-0.25, -0.2) is 18.6 Å². The van der Waals surface area contributed by atoms with Gasteiger partial charge in [0.1, 0.15) is 6.04 Å². The van der Waals surface area contributed by atoms with Crippen LogP contribution in [0.2, 0.25) is 0 Å². The molecule has 9 heteroatoms. The SMILES string of the molecule is CC1=CC(c2ccc(F)c(F)c2)N(N(C=O)CCCN2CCN(c3ccccc3C)CC2)C(=O)N1. The van der Waals surface area contributed by atoms with Crippen molar-refractivity contribution in [3.63, 3.8) is 0 Å². The molecule has 0 aromatic heterocycles. The van der Waals surface area contributed by atoms with Crippen molar-refractivity contribution in [3.8, 4) is 0 Å². The quantitative estimate of drug-likeness (QED) is 0.580. The molecule has 3 amide bonds. The fourth-order valence-corrected chi connectivity index (χ4v) is 4.71. The number of piperazine rings is 1. The maximum absolute atomic E-state index is 13.9. The van der Waals surface area contributed by atoms with Gasteiger partial charge < -0.3 is 10.2 Å². The number of nitrogens with one attached hydrogen (secondary N) is 1. The van der Waals surface area contributed by atoms with E-state index in [0.29, 0.717) is 30.6 Å². The minimum absolute atomic E-state index is 0.321. The third kappa shape index (κ3) is 5.62. The van der Waals surface area contributed by atoms with Crippen LogP contribution in [0, 0.1) is 18.6 Å². The van der Waals surface area contributed by atoms with Crippen molar-refractivity contribution < 1.29 is 18.4 Å². The van der Waals surface area contributed by atoms with Crippen LogP contribution in [0.3, 0.4) is 0 Å². The zero-order valence-corrected chi connectivity index (χ0v) is 20.1. The van der Waals surface area contributed by atoms with Crippen LogP contribution in [-0.4, -0.2) is 66.6 Å². The molecule has 1 atom stereocenters. The highest BCUT2D eigenvalue weighted by Crippen LogP contribution is 2.29. The van der Waals surface area contributed by atoms with E-state index in [0.717, 1.165) is 44.9 Å². The summed E-state index contributed by atoms with van der Waals surface area (Å²) in [5.41, 5.74) is 3.50. The van der Waals surface area contributed by atoms with Crippen LogP contribution >= 0.6 is 0 Å². The highest BCUT2D eigenvalue weighted by Gasteiger charge is 2.33. The van der Waals surface area contributed by atoms with Crippen molar-refractivity contribution in [3.05, 3.63) is 77.0 Å². The van der Waals surface area contributed by atoms with Crippen molar-refractivity contribution in [1.82, 2.24) is 20.2 Å². The first-order valence-corrected chi connectivity index (χ1v) is 11.9. The number of anilines is 1. The molecule has 0 bridgehead atoms. The molecule has 2 heterocycles. The van der Waals surface area contributed by atoms with Gasteiger partial charge >= 0.3 is 6.03 Å². The summed E-state index contributed by atoms with van der Waals surface area (Å²) < 4.78 is 27.4. The Labute approximate surface area is 204 Å². The number of benzene rings is 2. The van der Waals surface area contributed by atoms with E-state index in [9.17, 15) is 18.4 Å². The van der Waals surface area contributed by atoms with E-state index in [1.807, 2.05) is 6.07 Å². The number of amides is 3. The zero-order valence-electron chi connectivity index (χ0n) is 20.1. The summed E-state index contributed by atoms with van der Waals surface area (Å²) >= 11 is 0. The van der Waals surface area contributed by atoms with Gasteiger partial charge in [0.25, 0.3) is 0 Å². The monoisotopic (exact) mass is 483 g/mol. The molecule has 0 radical (unpaired) electrons. The van der Waals surface area contributed by atoms with Crippen LogP contribution in [0.1, 0.15) is 30.5 Å². The van der Waals surface area contributed by atoms with Crippen molar-refractivity contribution in [2.24, 2.45) is 0 Å². The number of nitrogens with zero attached hydrogens (tertiary/aromatic N) is 4. The van der Waals surface area contributed by atoms with Crippen LogP contribution in [0.15, 0.2) is 54.2 Å². The molecule has 4 rings (SSSR count). The van der Waals surface area contributed by atoms with Crippen molar-refractivity contribution >= 4 is 18.1 Å². The molecule has 0 aliphatic carbocycles. The number of allylic oxidation sites excluding steroid dienone is 1. The largest absolute Gasteiger partial charge is 0.369 e. The minimum Gasteiger partial charge on any atom is -0.369 e. The maximum atomic E-state index is 13.9. The molecule has 1 saturated heterocycles. The molecule has 0 spiro atoms. The summed E-state index contributed by atoms with van der Waals surface area (Å²) in [6, 6.07) is 10.7. The van der Waals surface area contributed by atoms with Crippen molar-refractivity contribution in [1.29, 1.82) is 0 Å². The average molecular weight is 484 g/mol. The Morgan fingerprint density at radius 3 is 2.49 bits per heavy atom. The van der Waals surface area contributed by atoms with E-state index in [-0.39, 0.29) is 0 Å². The van der Waals surface area contributed by atoms with Gasteiger partial charge in [0.05, 0.1) is 0 Å². The number of halogens is 2. The number of hydrazine groups is 1. The van der Waals surface area contributed by atoms with Crippen LogP contribution in [0.4, 0.5) is 19.3 Å². The molecule has 2 aromatic carbocycles.